The van der Waals surface area contributed by atoms with Crippen LogP contribution in [0, 0.1) is 0 Å². The maximum absolute atomic E-state index is 11.2. The third-order valence-corrected chi connectivity index (χ3v) is 1.08. The monoisotopic (exact) mass is 246 g/mol. The first kappa shape index (κ1) is 17.1. The average Bonchev–Trinajstić information content (AvgIpc) is 2.15. The molecule has 0 aliphatic carbocycles. The molecule has 0 aromatic rings. The van der Waals surface area contributed by atoms with Crippen molar-refractivity contribution in [1.29, 1.82) is 0 Å². The number of aliphatic hydroxyl groups excluding tert-OH is 3. The Kier molecular flexibility index (Phi) is 7.51. The summed E-state index contributed by atoms with van der Waals surface area (Å²) in [6, 6.07) is 0. The van der Waals surface area contributed by atoms with Gasteiger partial charge in [0, 0.05) is 6.92 Å². The number of alkyl halides is 2. The van der Waals surface area contributed by atoms with Crippen LogP contribution in [0.1, 0.15) is 6.92 Å². The predicted octanol–water partition coefficient (Wildman–Crippen LogP) is -1.49. The Morgan fingerprint density at radius 1 is 1.12 bits per heavy atom. The van der Waals surface area contributed by atoms with E-state index in [9.17, 15) is 18.4 Å². The largest absolute Gasteiger partial charge is 0.479 e. The first-order chi connectivity index (χ1) is 7.02. The maximum atomic E-state index is 11.2. The van der Waals surface area contributed by atoms with Gasteiger partial charge in [0.2, 0.25) is 0 Å². The van der Waals surface area contributed by atoms with E-state index in [1.807, 2.05) is 0 Å². The van der Waals surface area contributed by atoms with Crippen LogP contribution in [0.5, 0.6) is 0 Å². The third-order valence-electron chi connectivity index (χ3n) is 1.08. The number of aliphatic hydroxyl groups is 3. The molecule has 0 heterocycles. The van der Waals surface area contributed by atoms with Gasteiger partial charge >= 0.3 is 11.9 Å². The fourth-order valence-corrected chi connectivity index (χ4v) is 0.270. The van der Waals surface area contributed by atoms with Crippen LogP contribution >= 0.6 is 0 Å². The molecule has 0 rings (SSSR count). The summed E-state index contributed by atoms with van der Waals surface area (Å²) in [6.45, 7) is -0.403. The van der Waals surface area contributed by atoms with E-state index in [2.05, 4.69) is 0 Å². The van der Waals surface area contributed by atoms with Crippen molar-refractivity contribution in [3.8, 4) is 0 Å². The van der Waals surface area contributed by atoms with E-state index >= 15 is 0 Å². The first-order valence-electron chi connectivity index (χ1n) is 3.83. The summed E-state index contributed by atoms with van der Waals surface area (Å²) in [6.07, 6.45) is -4.53. The van der Waals surface area contributed by atoms with Crippen LogP contribution in [0.15, 0.2) is 0 Å². The molecule has 0 aliphatic rings. The van der Waals surface area contributed by atoms with Crippen molar-refractivity contribution in [3.05, 3.63) is 0 Å². The second-order valence-corrected chi connectivity index (χ2v) is 2.79. The minimum atomic E-state index is -2.90. The molecule has 2 atom stereocenters. The summed E-state index contributed by atoms with van der Waals surface area (Å²) in [5.74, 6) is -6.44. The van der Waals surface area contributed by atoms with Gasteiger partial charge in [-0.05, 0) is 0 Å². The molecular weight excluding hydrogens is 234 g/mol. The number of halogens is 2. The molecule has 5 N–H and O–H groups in total. The Labute approximate surface area is 88.6 Å². The second kappa shape index (κ2) is 7.04. The van der Waals surface area contributed by atoms with Crippen molar-refractivity contribution < 1.29 is 43.9 Å². The van der Waals surface area contributed by atoms with Crippen LogP contribution in [0.25, 0.3) is 0 Å². The van der Waals surface area contributed by atoms with E-state index in [1.54, 1.807) is 0 Å². The molecule has 0 bridgehead atoms. The fraction of sp³-hybridized carbons (Fsp3) is 0.714. The van der Waals surface area contributed by atoms with Gasteiger partial charge in [0.15, 0.2) is 12.2 Å². The molecule has 0 aromatic heterocycles. The molecule has 0 aliphatic heterocycles. The normalized spacial score (nSPS) is 14.4. The number of hydrogen-bond donors (Lipinski definition) is 5. The minimum absolute atomic E-state index is 0.660. The average molecular weight is 246 g/mol. The Morgan fingerprint density at radius 2 is 1.31 bits per heavy atom. The summed E-state index contributed by atoms with van der Waals surface area (Å²) in [7, 11) is 0. The number of carbonyl (C=O) groups is 2. The highest BCUT2D eigenvalue weighted by Gasteiger charge is 2.29. The van der Waals surface area contributed by atoms with E-state index in [0.29, 0.717) is 6.92 Å². The maximum Gasteiger partial charge on any atom is 0.335 e. The van der Waals surface area contributed by atoms with Crippen molar-refractivity contribution in [1.82, 2.24) is 0 Å². The SMILES string of the molecule is CC(F)(F)CO.O=C(O)C(O)C(O)C(=O)O. The summed E-state index contributed by atoms with van der Waals surface area (Å²) in [4.78, 5) is 19.5. The van der Waals surface area contributed by atoms with E-state index in [-0.39, 0.29) is 0 Å². The Hall–Kier alpha value is -1.32. The first-order valence-corrected chi connectivity index (χ1v) is 3.83. The molecule has 2 unspecified atom stereocenters. The zero-order chi connectivity index (χ0) is 13.5. The lowest BCUT2D eigenvalue weighted by molar-refractivity contribution is -0.165. The van der Waals surface area contributed by atoms with Gasteiger partial charge in [-0.1, -0.05) is 0 Å². The minimum Gasteiger partial charge on any atom is -0.479 e. The van der Waals surface area contributed by atoms with Crippen molar-refractivity contribution in [2.45, 2.75) is 25.1 Å². The summed E-state index contributed by atoms with van der Waals surface area (Å²) in [5, 5.41) is 40.2. The molecule has 0 fully saturated rings. The van der Waals surface area contributed by atoms with Gasteiger partial charge in [-0.3, -0.25) is 0 Å². The van der Waals surface area contributed by atoms with Crippen LogP contribution < -0.4 is 0 Å². The van der Waals surface area contributed by atoms with E-state index in [1.165, 1.54) is 0 Å². The number of carboxylic acid groups (broad SMARTS) is 2. The molecule has 0 saturated heterocycles. The number of aliphatic carboxylic acids is 2. The number of hydrogen-bond acceptors (Lipinski definition) is 5. The second-order valence-electron chi connectivity index (χ2n) is 2.79. The van der Waals surface area contributed by atoms with Crippen LogP contribution in [0.3, 0.4) is 0 Å². The molecule has 0 amide bonds. The lowest BCUT2D eigenvalue weighted by atomic mass is 10.2. The molecule has 96 valence electrons. The van der Waals surface area contributed by atoms with Gasteiger partial charge in [0.25, 0.3) is 5.92 Å². The van der Waals surface area contributed by atoms with Crippen LogP contribution in [0.2, 0.25) is 0 Å². The molecule has 0 aromatic carbocycles. The Balaban J connectivity index is 0. The van der Waals surface area contributed by atoms with Crippen LogP contribution in [-0.4, -0.2) is 62.2 Å². The van der Waals surface area contributed by atoms with Gasteiger partial charge in [-0.15, -0.1) is 0 Å². The number of carboxylic acids is 2. The summed E-state index contributed by atoms with van der Waals surface area (Å²) < 4.78 is 22.4. The molecule has 0 radical (unpaired) electrons. The Bertz CT molecular complexity index is 219. The molecule has 7 nitrogen and oxygen atoms in total. The highest BCUT2D eigenvalue weighted by molar-refractivity contribution is 5.83. The third kappa shape index (κ3) is 9.24. The van der Waals surface area contributed by atoms with Gasteiger partial charge in [0.1, 0.15) is 6.61 Å². The Morgan fingerprint density at radius 3 is 1.38 bits per heavy atom. The van der Waals surface area contributed by atoms with Crippen LogP contribution in [0.4, 0.5) is 8.78 Å². The summed E-state index contributed by atoms with van der Waals surface area (Å²) in [5.41, 5.74) is 0. The lowest BCUT2D eigenvalue weighted by Crippen LogP contribution is -2.39. The van der Waals surface area contributed by atoms with Gasteiger partial charge in [-0.2, -0.15) is 0 Å². The molecular formula is C7H12F2O7. The van der Waals surface area contributed by atoms with Gasteiger partial charge in [0.05, 0.1) is 0 Å². The van der Waals surface area contributed by atoms with E-state index in [0.717, 1.165) is 0 Å². The van der Waals surface area contributed by atoms with E-state index < -0.39 is 36.7 Å². The zero-order valence-corrected chi connectivity index (χ0v) is 8.17. The topological polar surface area (TPSA) is 135 Å². The van der Waals surface area contributed by atoms with Crippen LogP contribution in [-0.2, 0) is 9.59 Å². The zero-order valence-electron chi connectivity index (χ0n) is 8.17. The van der Waals surface area contributed by atoms with Crippen molar-refractivity contribution in [3.63, 3.8) is 0 Å². The summed E-state index contributed by atoms with van der Waals surface area (Å²) >= 11 is 0. The predicted molar refractivity (Wildman–Crippen MR) is 45.0 cm³/mol. The smallest absolute Gasteiger partial charge is 0.335 e. The van der Waals surface area contributed by atoms with E-state index in [4.69, 9.17) is 25.5 Å². The lowest BCUT2D eigenvalue weighted by Gasteiger charge is -2.07. The van der Waals surface area contributed by atoms with Gasteiger partial charge < -0.3 is 25.5 Å². The molecule has 0 spiro atoms. The van der Waals surface area contributed by atoms with Gasteiger partial charge in [-0.25, -0.2) is 18.4 Å². The highest BCUT2D eigenvalue weighted by atomic mass is 19.3. The van der Waals surface area contributed by atoms with Crippen molar-refractivity contribution in [2.75, 3.05) is 6.61 Å². The molecule has 16 heavy (non-hydrogen) atoms. The standard InChI is InChI=1S/C4H6O6.C3H6F2O/c5-1(3(7)8)2(6)4(9)10;1-3(4,5)2-6/h1-2,5-6H,(H,7,8)(H,9,10);6H,2H2,1H3. The highest BCUT2D eigenvalue weighted by Crippen LogP contribution is 2.07. The molecule has 9 heteroatoms. The molecule has 0 saturated carbocycles. The number of rotatable bonds is 4. The van der Waals surface area contributed by atoms with Crippen molar-refractivity contribution in [2.24, 2.45) is 0 Å². The van der Waals surface area contributed by atoms with Crippen molar-refractivity contribution >= 4 is 11.9 Å². The quantitative estimate of drug-likeness (QED) is 0.407. The fourth-order valence-electron chi connectivity index (χ4n) is 0.270.